The standard InChI is InChI=1S/C25H30ClNO3/c1-3-29-21-16-23(19-7-5-4-6-8-19)30-25(17-21)11-13-27(14-12-25)24(28)20-9-10-22(26)18(2)15-20/h4-10,15,21,23H,3,11-14,16-17H2,1-2H3. The fourth-order valence-corrected chi connectivity index (χ4v) is 4.89. The van der Waals surface area contributed by atoms with Crippen LogP contribution in [0.1, 0.15) is 60.2 Å². The Labute approximate surface area is 184 Å². The smallest absolute Gasteiger partial charge is 0.253 e. The van der Waals surface area contributed by atoms with E-state index in [-0.39, 0.29) is 23.7 Å². The molecule has 0 bridgehead atoms. The van der Waals surface area contributed by atoms with Crippen LogP contribution in [0.5, 0.6) is 0 Å². The Morgan fingerprint density at radius 2 is 1.93 bits per heavy atom. The van der Waals surface area contributed by atoms with Crippen LogP contribution < -0.4 is 0 Å². The van der Waals surface area contributed by atoms with Crippen molar-refractivity contribution in [3.8, 4) is 0 Å². The summed E-state index contributed by atoms with van der Waals surface area (Å²) in [5, 5.41) is 0.689. The van der Waals surface area contributed by atoms with Crippen molar-refractivity contribution in [3.05, 3.63) is 70.2 Å². The maximum atomic E-state index is 13.0. The van der Waals surface area contributed by atoms with Crippen LogP contribution in [0.4, 0.5) is 0 Å². The average molecular weight is 428 g/mol. The lowest BCUT2D eigenvalue weighted by molar-refractivity contribution is -0.190. The van der Waals surface area contributed by atoms with Crippen LogP contribution in [-0.2, 0) is 9.47 Å². The highest BCUT2D eigenvalue weighted by Crippen LogP contribution is 2.44. The van der Waals surface area contributed by atoms with Gasteiger partial charge in [-0.15, -0.1) is 0 Å². The van der Waals surface area contributed by atoms with Gasteiger partial charge in [0.15, 0.2) is 0 Å². The summed E-state index contributed by atoms with van der Waals surface area (Å²) in [5.74, 6) is 0.0707. The molecule has 30 heavy (non-hydrogen) atoms. The van der Waals surface area contributed by atoms with Crippen molar-refractivity contribution in [2.75, 3.05) is 19.7 Å². The first kappa shape index (κ1) is 21.4. The van der Waals surface area contributed by atoms with Crippen molar-refractivity contribution in [2.24, 2.45) is 0 Å². The van der Waals surface area contributed by atoms with E-state index in [0.29, 0.717) is 30.3 Å². The summed E-state index contributed by atoms with van der Waals surface area (Å²) >= 11 is 6.12. The molecular formula is C25H30ClNO3. The molecule has 2 unspecified atom stereocenters. The van der Waals surface area contributed by atoms with Gasteiger partial charge in [0.25, 0.3) is 5.91 Å². The SMILES string of the molecule is CCOC1CC(c2ccccc2)OC2(CCN(C(=O)c3ccc(Cl)c(C)c3)CC2)C1. The van der Waals surface area contributed by atoms with E-state index in [9.17, 15) is 4.79 Å². The second-order valence-electron chi connectivity index (χ2n) is 8.47. The van der Waals surface area contributed by atoms with Gasteiger partial charge < -0.3 is 14.4 Å². The Balaban J connectivity index is 1.47. The molecule has 4 rings (SSSR count). The number of nitrogens with zero attached hydrogens (tertiary/aromatic N) is 1. The van der Waals surface area contributed by atoms with E-state index in [1.807, 2.05) is 30.0 Å². The highest BCUT2D eigenvalue weighted by molar-refractivity contribution is 6.31. The molecule has 2 heterocycles. The zero-order valence-electron chi connectivity index (χ0n) is 17.8. The van der Waals surface area contributed by atoms with Crippen LogP contribution >= 0.6 is 11.6 Å². The third-order valence-electron chi connectivity index (χ3n) is 6.41. The van der Waals surface area contributed by atoms with Crippen molar-refractivity contribution in [3.63, 3.8) is 0 Å². The number of carbonyl (C=O) groups is 1. The Kier molecular flexibility index (Phi) is 6.47. The van der Waals surface area contributed by atoms with Crippen molar-refractivity contribution < 1.29 is 14.3 Å². The van der Waals surface area contributed by atoms with Crippen LogP contribution in [0, 0.1) is 6.92 Å². The topological polar surface area (TPSA) is 38.8 Å². The second-order valence-corrected chi connectivity index (χ2v) is 8.88. The molecule has 0 saturated carbocycles. The molecule has 0 radical (unpaired) electrons. The van der Waals surface area contributed by atoms with E-state index in [0.717, 1.165) is 31.2 Å². The average Bonchev–Trinajstić information content (AvgIpc) is 2.76. The summed E-state index contributed by atoms with van der Waals surface area (Å²) in [4.78, 5) is 14.9. The molecule has 2 aliphatic heterocycles. The fraction of sp³-hybridized carbons (Fsp3) is 0.480. The van der Waals surface area contributed by atoms with E-state index in [4.69, 9.17) is 21.1 Å². The van der Waals surface area contributed by atoms with E-state index in [1.54, 1.807) is 6.07 Å². The minimum absolute atomic E-state index is 0.0395. The number of halogens is 1. The van der Waals surface area contributed by atoms with E-state index < -0.39 is 0 Å². The zero-order valence-corrected chi connectivity index (χ0v) is 18.5. The monoisotopic (exact) mass is 427 g/mol. The molecule has 2 aliphatic rings. The molecule has 160 valence electrons. The highest BCUT2D eigenvalue weighted by atomic mass is 35.5. The van der Waals surface area contributed by atoms with Crippen molar-refractivity contribution in [1.29, 1.82) is 0 Å². The van der Waals surface area contributed by atoms with E-state index in [2.05, 4.69) is 31.2 Å². The Morgan fingerprint density at radius 3 is 2.60 bits per heavy atom. The van der Waals surface area contributed by atoms with Crippen LogP contribution in [0.2, 0.25) is 5.02 Å². The van der Waals surface area contributed by atoms with Gasteiger partial charge in [0.05, 0.1) is 17.8 Å². The number of likely N-dealkylation sites (tertiary alicyclic amines) is 1. The Hall–Kier alpha value is -1.88. The van der Waals surface area contributed by atoms with Gasteiger partial charge >= 0.3 is 0 Å². The first-order valence-electron chi connectivity index (χ1n) is 10.9. The number of carbonyl (C=O) groups excluding carboxylic acids is 1. The Bertz CT molecular complexity index is 877. The molecule has 1 amide bonds. The Morgan fingerprint density at radius 1 is 1.20 bits per heavy atom. The van der Waals surface area contributed by atoms with Crippen molar-refractivity contribution >= 4 is 17.5 Å². The van der Waals surface area contributed by atoms with Gasteiger partial charge in [-0.3, -0.25) is 4.79 Å². The third-order valence-corrected chi connectivity index (χ3v) is 6.83. The van der Waals surface area contributed by atoms with Gasteiger partial charge in [0.2, 0.25) is 0 Å². The van der Waals surface area contributed by atoms with Gasteiger partial charge in [-0.2, -0.15) is 0 Å². The molecule has 0 N–H and O–H groups in total. The first-order chi connectivity index (χ1) is 14.5. The largest absolute Gasteiger partial charge is 0.378 e. The van der Waals surface area contributed by atoms with Crippen LogP contribution in [0.25, 0.3) is 0 Å². The van der Waals surface area contributed by atoms with Crippen LogP contribution in [0.3, 0.4) is 0 Å². The van der Waals surface area contributed by atoms with Gasteiger partial charge in [-0.1, -0.05) is 41.9 Å². The van der Waals surface area contributed by atoms with Gasteiger partial charge in [0.1, 0.15) is 0 Å². The number of benzene rings is 2. The molecule has 2 fully saturated rings. The predicted molar refractivity (Wildman–Crippen MR) is 119 cm³/mol. The lowest BCUT2D eigenvalue weighted by Gasteiger charge is -2.48. The number of amides is 1. The molecule has 4 nitrogen and oxygen atoms in total. The summed E-state index contributed by atoms with van der Waals surface area (Å²) in [6, 6.07) is 15.9. The number of hydrogen-bond donors (Lipinski definition) is 0. The molecular weight excluding hydrogens is 398 g/mol. The third kappa shape index (κ3) is 4.56. The summed E-state index contributed by atoms with van der Waals surface area (Å²) in [5.41, 5.74) is 2.60. The van der Waals surface area contributed by atoms with E-state index in [1.165, 1.54) is 5.56 Å². The molecule has 2 aromatic carbocycles. The van der Waals surface area contributed by atoms with Crippen LogP contribution in [-0.4, -0.2) is 42.2 Å². The second kappa shape index (κ2) is 9.09. The minimum Gasteiger partial charge on any atom is -0.378 e. The molecule has 0 aromatic heterocycles. The molecule has 2 atom stereocenters. The molecule has 2 aromatic rings. The molecule has 5 heteroatoms. The summed E-state index contributed by atoms with van der Waals surface area (Å²) in [6.45, 7) is 6.08. The lowest BCUT2D eigenvalue weighted by atomic mass is 9.80. The summed E-state index contributed by atoms with van der Waals surface area (Å²) < 4.78 is 12.8. The maximum Gasteiger partial charge on any atom is 0.253 e. The highest BCUT2D eigenvalue weighted by Gasteiger charge is 2.45. The number of rotatable bonds is 4. The fourth-order valence-electron chi connectivity index (χ4n) is 4.77. The van der Waals surface area contributed by atoms with Crippen molar-refractivity contribution in [1.82, 2.24) is 4.90 Å². The molecule has 2 saturated heterocycles. The maximum absolute atomic E-state index is 13.0. The quantitative estimate of drug-likeness (QED) is 0.639. The molecule has 1 spiro atoms. The normalized spacial score (nSPS) is 23.5. The zero-order chi connectivity index (χ0) is 21.1. The van der Waals surface area contributed by atoms with Crippen molar-refractivity contribution in [2.45, 2.75) is 57.3 Å². The van der Waals surface area contributed by atoms with Gasteiger partial charge in [-0.05, 0) is 56.0 Å². The lowest BCUT2D eigenvalue weighted by Crippen LogP contribution is -2.52. The summed E-state index contributed by atoms with van der Waals surface area (Å²) in [6.07, 6.45) is 3.67. The number of ether oxygens (including phenoxy) is 2. The van der Waals surface area contributed by atoms with Gasteiger partial charge in [0, 0.05) is 43.1 Å². The number of hydrogen-bond acceptors (Lipinski definition) is 3. The predicted octanol–water partition coefficient (Wildman–Crippen LogP) is 5.58. The van der Waals surface area contributed by atoms with Gasteiger partial charge in [-0.25, -0.2) is 0 Å². The number of aryl methyl sites for hydroxylation is 1. The number of piperidine rings is 1. The van der Waals surface area contributed by atoms with Crippen LogP contribution in [0.15, 0.2) is 48.5 Å². The molecule has 0 aliphatic carbocycles. The first-order valence-corrected chi connectivity index (χ1v) is 11.3. The van der Waals surface area contributed by atoms with E-state index >= 15 is 0 Å². The minimum atomic E-state index is -0.231. The summed E-state index contributed by atoms with van der Waals surface area (Å²) in [7, 11) is 0.